The van der Waals surface area contributed by atoms with Gasteiger partial charge in [-0.3, -0.25) is 39.0 Å². The van der Waals surface area contributed by atoms with Crippen LogP contribution in [0.4, 0.5) is 33.2 Å². The second kappa shape index (κ2) is 37.4. The molecule has 0 spiro atoms. The fourth-order valence-electron chi connectivity index (χ4n) is 9.91. The number of pyridine rings is 1. The Labute approximate surface area is 522 Å². The number of carbonyl (C=O) groups excluding carboxylic acids is 5. The van der Waals surface area contributed by atoms with Gasteiger partial charge in [-0.2, -0.15) is 0 Å². The molecule has 3 aliphatic heterocycles. The predicted octanol–water partition coefficient (Wildman–Crippen LogP) is 14.8. The van der Waals surface area contributed by atoms with E-state index >= 15 is 0 Å². The number of hydrogen-bond donors (Lipinski definition) is 2. The average molecular weight is 1200 g/mol. The lowest BCUT2D eigenvalue weighted by molar-refractivity contribution is -0.119. The number of nitrogens with two attached hydrogens (primary N) is 1. The molecule has 3 unspecified atom stereocenters. The van der Waals surface area contributed by atoms with E-state index in [1.807, 2.05) is 90.9 Å². The molecule has 4 heterocycles. The van der Waals surface area contributed by atoms with Crippen LogP contribution >= 0.6 is 0 Å². The van der Waals surface area contributed by atoms with Gasteiger partial charge in [0.05, 0.1) is 42.8 Å². The van der Waals surface area contributed by atoms with E-state index in [9.17, 15) is 24.0 Å². The lowest BCUT2D eigenvalue weighted by atomic mass is 9.96. The third-order valence-corrected chi connectivity index (χ3v) is 15.2. The third-order valence-electron chi connectivity index (χ3n) is 15.2. The van der Waals surface area contributed by atoms with Gasteiger partial charge in [-0.25, -0.2) is 9.78 Å². The maximum atomic E-state index is 13.2. The number of hydrogen-bond acceptors (Lipinski definition) is 14. The molecule has 0 bridgehead atoms. The molecule has 3 atom stereocenters. The maximum absolute atomic E-state index is 13.2. The number of allylic oxidation sites excluding steroid dienone is 1. The number of piperidine rings is 1. The monoisotopic (exact) mass is 1200 g/mol. The number of piperazine rings is 1. The van der Waals surface area contributed by atoms with Gasteiger partial charge in [0.1, 0.15) is 23.7 Å². The SMILES string of the molecule is C=C(C)C(C)CCC(=O)CC.C=N/C=C1/CCN(c2cnc3c(c2C)N(C(=O)OC(C)(C)C)CCO3)CC1=Nc1ccc(CC(=O)Nc2ccc(N3CCN(C(CC)CC(C)CC)CC3)cc2)cc1.CC(=O)c1ccc(C)cc1C=O.CC(C)C.CN. The summed E-state index contributed by atoms with van der Waals surface area (Å²) in [5, 5.41) is 3.07. The lowest BCUT2D eigenvalue weighted by Crippen LogP contribution is -2.50. The van der Waals surface area contributed by atoms with E-state index in [-0.39, 0.29) is 18.1 Å². The van der Waals surface area contributed by atoms with E-state index in [1.165, 1.54) is 44.5 Å². The minimum absolute atomic E-state index is 0.0674. The summed E-state index contributed by atoms with van der Waals surface area (Å²) in [5.74, 6) is 2.73. The number of anilines is 4. The van der Waals surface area contributed by atoms with Crippen LogP contribution in [0.5, 0.6) is 5.88 Å². The van der Waals surface area contributed by atoms with Crippen molar-refractivity contribution in [1.82, 2.24) is 9.88 Å². The molecule has 16 nitrogen and oxygen atoms in total. The molecule has 0 saturated carbocycles. The smallest absolute Gasteiger partial charge is 0.415 e. The number of benzene rings is 3. The zero-order chi connectivity index (χ0) is 65.0. The number of aliphatic imine (C=N–C) groups is 2. The van der Waals surface area contributed by atoms with Gasteiger partial charge in [-0.05, 0) is 159 Å². The summed E-state index contributed by atoms with van der Waals surface area (Å²) in [7, 11) is 1.50. The van der Waals surface area contributed by atoms with Gasteiger partial charge in [-0.15, -0.1) is 0 Å². The van der Waals surface area contributed by atoms with Crippen LogP contribution in [0, 0.1) is 31.6 Å². The summed E-state index contributed by atoms with van der Waals surface area (Å²) < 4.78 is 11.6. The van der Waals surface area contributed by atoms with Gasteiger partial charge in [0, 0.05) is 85.9 Å². The topological polar surface area (TPSA) is 192 Å². The van der Waals surface area contributed by atoms with E-state index in [2.05, 4.69) is 110 Å². The number of nitrogens with zero attached hydrogens (tertiary/aromatic N) is 7. The van der Waals surface area contributed by atoms with Crippen molar-refractivity contribution in [3.05, 3.63) is 125 Å². The zero-order valence-electron chi connectivity index (χ0n) is 55.7. The van der Waals surface area contributed by atoms with E-state index < -0.39 is 11.7 Å². The standard InChI is InChI=1S/C46H62N8O4.C10H10O2.C10H18O.C4H10.CH5N/c1-9-32(3)27-38(10-2)51-21-23-52(24-22-51)39-17-15-37(16-18-39)50-42(55)28-34-11-13-36(14-12-34)49-40-31-53(20-19-35(40)29-47-8)41-30-48-44-43(33(41)4)54(25-26-57-44)45(56)58-46(5,6)7;1-7-3-4-10(8(2)12)9(5-7)6-11;1-5-10(11)7-6-9(4)8(2)3;1-4(2)3;1-2/h11-18,29-30,32,38H,8-10,19-28,31H2,1-7H3,(H,50,55);3-6H,1-2H3;9H,2,5-7H2,1,3-4H3;4H,1-3H3;2H2,1H3/b35-29-,49-40?;;;;. The van der Waals surface area contributed by atoms with Gasteiger partial charge < -0.3 is 30.3 Å². The first-order valence-electron chi connectivity index (χ1n) is 31.2. The molecule has 2 saturated heterocycles. The van der Waals surface area contributed by atoms with Crippen molar-refractivity contribution in [2.24, 2.45) is 33.5 Å². The number of amides is 2. The Morgan fingerprint density at radius 3 is 2.06 bits per heavy atom. The number of aromatic nitrogens is 1. The van der Waals surface area contributed by atoms with Crippen molar-refractivity contribution in [3.8, 4) is 5.88 Å². The van der Waals surface area contributed by atoms with Crippen LogP contribution in [-0.4, -0.2) is 123 Å². The molecule has 0 aliphatic carbocycles. The fraction of sp³-hybridized carbons (Fsp3) is 0.521. The summed E-state index contributed by atoms with van der Waals surface area (Å²) >= 11 is 0. The highest BCUT2D eigenvalue weighted by Crippen LogP contribution is 2.40. The van der Waals surface area contributed by atoms with Crippen LogP contribution in [0.2, 0.25) is 0 Å². The fourth-order valence-corrected chi connectivity index (χ4v) is 9.91. The Bertz CT molecular complexity index is 2920. The van der Waals surface area contributed by atoms with E-state index in [0.717, 1.165) is 89.5 Å². The average Bonchev–Trinajstić information content (AvgIpc) is 3.11. The Balaban J connectivity index is 0.000000559. The van der Waals surface area contributed by atoms with Gasteiger partial charge in [0.15, 0.2) is 12.1 Å². The lowest BCUT2D eigenvalue weighted by Gasteiger charge is -2.40. The molecular formula is C71H105N9O7. The van der Waals surface area contributed by atoms with Crippen molar-refractivity contribution in [3.63, 3.8) is 0 Å². The summed E-state index contributed by atoms with van der Waals surface area (Å²) in [4.78, 5) is 81.4. The Kier molecular flexibility index (Phi) is 31.8. The summed E-state index contributed by atoms with van der Waals surface area (Å²) in [6.45, 7) is 44.1. The van der Waals surface area contributed by atoms with Crippen molar-refractivity contribution in [1.29, 1.82) is 0 Å². The summed E-state index contributed by atoms with van der Waals surface area (Å²) in [5.41, 5.74) is 14.9. The Morgan fingerprint density at radius 2 is 1.51 bits per heavy atom. The first kappa shape index (κ1) is 74.0. The van der Waals surface area contributed by atoms with E-state index in [1.54, 1.807) is 29.4 Å². The molecule has 2 amide bonds. The van der Waals surface area contributed by atoms with E-state index in [0.29, 0.717) is 92.2 Å². The number of carbonyl (C=O) groups is 5. The molecule has 0 radical (unpaired) electrons. The summed E-state index contributed by atoms with van der Waals surface area (Å²) in [6.07, 6.45) is 10.9. The molecule has 2 fully saturated rings. The number of nitrogens with one attached hydrogen (secondary N) is 1. The highest BCUT2D eigenvalue weighted by molar-refractivity contribution is 6.06. The number of ketones is 2. The van der Waals surface area contributed by atoms with Crippen LogP contribution in [0.1, 0.15) is 172 Å². The minimum atomic E-state index is -0.631. The third kappa shape index (κ3) is 24.8. The normalized spacial score (nSPS) is 15.9. The highest BCUT2D eigenvalue weighted by Gasteiger charge is 2.33. The van der Waals surface area contributed by atoms with Gasteiger partial charge >= 0.3 is 6.09 Å². The van der Waals surface area contributed by atoms with Gasteiger partial charge in [0.2, 0.25) is 11.8 Å². The molecular weight excluding hydrogens is 1090 g/mol. The van der Waals surface area contributed by atoms with E-state index in [4.69, 9.17) is 14.5 Å². The first-order valence-corrected chi connectivity index (χ1v) is 31.2. The van der Waals surface area contributed by atoms with Gasteiger partial charge in [0.25, 0.3) is 0 Å². The van der Waals surface area contributed by atoms with Crippen LogP contribution < -0.4 is 30.5 Å². The molecule has 476 valence electrons. The molecule has 4 aromatic rings. The number of fused-ring (bicyclic) bond motifs is 1. The van der Waals surface area contributed by atoms with Crippen molar-refractivity contribution >= 4 is 70.7 Å². The molecule has 3 N–H and O–H groups in total. The Morgan fingerprint density at radius 1 is 0.862 bits per heavy atom. The summed E-state index contributed by atoms with van der Waals surface area (Å²) in [6, 6.07) is 21.9. The van der Waals surface area contributed by atoms with Crippen LogP contribution in [0.25, 0.3) is 0 Å². The number of ether oxygens (including phenoxy) is 2. The molecule has 1 aromatic heterocycles. The number of rotatable bonds is 19. The van der Waals surface area contributed by atoms with Crippen LogP contribution in [0.3, 0.4) is 0 Å². The number of aryl methyl sites for hydroxylation is 1. The maximum Gasteiger partial charge on any atom is 0.415 e. The van der Waals surface area contributed by atoms with Crippen LogP contribution in [-0.2, 0) is 20.7 Å². The molecule has 3 aromatic carbocycles. The van der Waals surface area contributed by atoms with Gasteiger partial charge in [-0.1, -0.05) is 104 Å². The second-order valence-corrected chi connectivity index (χ2v) is 24.4. The highest BCUT2D eigenvalue weighted by atomic mass is 16.6. The number of aldehydes is 1. The van der Waals surface area contributed by atoms with Crippen molar-refractivity contribution in [2.75, 3.05) is 79.5 Å². The zero-order valence-corrected chi connectivity index (χ0v) is 55.7. The second-order valence-electron chi connectivity index (χ2n) is 24.4. The quantitative estimate of drug-likeness (QED) is 0.0391. The molecule has 87 heavy (non-hydrogen) atoms. The largest absolute Gasteiger partial charge is 0.474 e. The molecule has 7 rings (SSSR count). The molecule has 3 aliphatic rings. The predicted molar refractivity (Wildman–Crippen MR) is 362 cm³/mol. The van der Waals surface area contributed by atoms with Crippen molar-refractivity contribution < 1.29 is 33.4 Å². The Hall–Kier alpha value is -7.30. The van der Waals surface area contributed by atoms with Crippen molar-refractivity contribution in [2.45, 2.75) is 167 Å². The molecule has 16 heteroatoms. The van der Waals surface area contributed by atoms with Crippen LogP contribution in [0.15, 0.2) is 107 Å². The number of Topliss-reactive ketones (excluding diaryl/α,β-unsaturated/α-hetero) is 2. The first-order chi connectivity index (χ1) is 41.3. The minimum Gasteiger partial charge on any atom is -0.474 e.